The zero-order chi connectivity index (χ0) is 15.0. The van der Waals surface area contributed by atoms with E-state index in [1.165, 1.54) is 11.3 Å². The van der Waals surface area contributed by atoms with E-state index < -0.39 is 0 Å². The normalized spacial score (nSPS) is 14.4. The molecule has 1 rings (SSSR count). The van der Waals surface area contributed by atoms with Crippen molar-refractivity contribution in [2.45, 2.75) is 52.5 Å². The molecule has 0 bridgehead atoms. The Labute approximate surface area is 126 Å². The molecule has 0 aliphatic carbocycles. The van der Waals surface area contributed by atoms with Gasteiger partial charge in [0.15, 0.2) is 0 Å². The highest BCUT2D eigenvalue weighted by Crippen LogP contribution is 2.25. The summed E-state index contributed by atoms with van der Waals surface area (Å²) in [4.78, 5) is 1.41. The number of thiophene rings is 1. The third-order valence-electron chi connectivity index (χ3n) is 3.63. The maximum Gasteiger partial charge on any atom is 0.144 e. The van der Waals surface area contributed by atoms with Crippen molar-refractivity contribution in [3.8, 4) is 0 Å². The summed E-state index contributed by atoms with van der Waals surface area (Å²) in [6.45, 7) is 7.17. The Hall–Kier alpha value is -1.07. The Bertz CT molecular complexity index is 401. The first kappa shape index (κ1) is 17.0. The average molecular weight is 297 g/mol. The number of amidine groups is 1. The molecule has 0 aliphatic heterocycles. The van der Waals surface area contributed by atoms with Gasteiger partial charge in [-0.3, -0.25) is 0 Å². The molecule has 4 N–H and O–H groups in total. The molecule has 0 aromatic carbocycles. The molecule has 1 aromatic rings. The number of rotatable bonds is 9. The Kier molecular flexibility index (Phi) is 7.02. The average Bonchev–Trinajstić information content (AvgIpc) is 2.95. The maximum atomic E-state index is 8.76. The summed E-state index contributed by atoms with van der Waals surface area (Å²) < 4.78 is 0. The van der Waals surface area contributed by atoms with Crippen LogP contribution in [0.25, 0.3) is 0 Å². The fraction of sp³-hybridized carbons (Fsp3) is 0.667. The number of nitrogens with one attached hydrogen (secondary N) is 1. The van der Waals surface area contributed by atoms with Crippen LogP contribution in [0.5, 0.6) is 0 Å². The van der Waals surface area contributed by atoms with E-state index in [1.54, 1.807) is 0 Å². The molecule has 0 fully saturated rings. The minimum atomic E-state index is -0.250. The van der Waals surface area contributed by atoms with Crippen molar-refractivity contribution < 1.29 is 5.21 Å². The lowest BCUT2D eigenvalue weighted by Crippen LogP contribution is -2.33. The smallest absolute Gasteiger partial charge is 0.144 e. The minimum absolute atomic E-state index is 0.250. The molecule has 1 unspecified atom stereocenters. The zero-order valence-corrected chi connectivity index (χ0v) is 13.5. The molecule has 5 heteroatoms. The summed E-state index contributed by atoms with van der Waals surface area (Å²) in [6.07, 6.45) is 4.24. The van der Waals surface area contributed by atoms with E-state index in [1.807, 2.05) is 25.2 Å². The van der Waals surface area contributed by atoms with Crippen LogP contribution in [-0.2, 0) is 0 Å². The zero-order valence-electron chi connectivity index (χ0n) is 12.7. The molecule has 0 saturated carbocycles. The van der Waals surface area contributed by atoms with Crippen LogP contribution in [0.4, 0.5) is 0 Å². The predicted octanol–water partition coefficient (Wildman–Crippen LogP) is 3.73. The van der Waals surface area contributed by atoms with Gasteiger partial charge in [-0.05, 0) is 37.3 Å². The molecule has 1 aromatic heterocycles. The third kappa shape index (κ3) is 5.13. The van der Waals surface area contributed by atoms with E-state index in [9.17, 15) is 0 Å². The van der Waals surface area contributed by atoms with Gasteiger partial charge >= 0.3 is 0 Å². The van der Waals surface area contributed by atoms with Crippen molar-refractivity contribution in [2.24, 2.45) is 16.3 Å². The van der Waals surface area contributed by atoms with E-state index in [4.69, 9.17) is 10.9 Å². The number of nitrogens with zero attached hydrogens (tertiary/aromatic N) is 1. The molecular formula is C15H27N3OS. The van der Waals surface area contributed by atoms with Crippen molar-refractivity contribution in [1.29, 1.82) is 0 Å². The Balaban J connectivity index is 2.38. The fourth-order valence-electron chi connectivity index (χ4n) is 2.19. The quantitative estimate of drug-likeness (QED) is 0.214. The standard InChI is InChI=1S/C15H27N3OS/c1-4-7-12(13-8-5-11-20-13)17-10-6-9-15(2,3)14(16)18-19/h5,8,11-12,17,19H,4,6-7,9-10H2,1-3H3,(H2,16,18). The monoisotopic (exact) mass is 297 g/mol. The first-order valence-electron chi connectivity index (χ1n) is 7.26. The maximum absolute atomic E-state index is 8.76. The van der Waals surface area contributed by atoms with Gasteiger partial charge in [0.25, 0.3) is 0 Å². The number of hydrogen-bond donors (Lipinski definition) is 3. The van der Waals surface area contributed by atoms with Crippen LogP contribution in [0.1, 0.15) is 57.4 Å². The van der Waals surface area contributed by atoms with Crippen LogP contribution in [0.2, 0.25) is 0 Å². The summed E-state index contributed by atoms with van der Waals surface area (Å²) >= 11 is 1.81. The topological polar surface area (TPSA) is 70.6 Å². The second-order valence-electron chi connectivity index (χ2n) is 5.78. The SMILES string of the molecule is CCCC(NCCCC(C)(C)C(N)=NO)c1cccs1. The van der Waals surface area contributed by atoms with Crippen LogP contribution in [0.15, 0.2) is 22.7 Å². The first-order valence-corrected chi connectivity index (χ1v) is 8.14. The van der Waals surface area contributed by atoms with Crippen molar-refractivity contribution in [1.82, 2.24) is 5.32 Å². The largest absolute Gasteiger partial charge is 0.409 e. The lowest BCUT2D eigenvalue weighted by atomic mass is 9.86. The highest BCUT2D eigenvalue weighted by Gasteiger charge is 2.23. The van der Waals surface area contributed by atoms with Gasteiger partial charge in [-0.1, -0.05) is 38.4 Å². The van der Waals surface area contributed by atoms with Gasteiger partial charge in [0.2, 0.25) is 0 Å². The minimum Gasteiger partial charge on any atom is -0.409 e. The number of hydrogen-bond acceptors (Lipinski definition) is 4. The second kappa shape index (κ2) is 8.27. The van der Waals surface area contributed by atoms with Crippen LogP contribution in [-0.4, -0.2) is 17.6 Å². The molecule has 1 atom stereocenters. The molecular weight excluding hydrogens is 270 g/mol. The van der Waals surface area contributed by atoms with Crippen LogP contribution >= 0.6 is 11.3 Å². The summed E-state index contributed by atoms with van der Waals surface area (Å²) in [7, 11) is 0. The van der Waals surface area contributed by atoms with Crippen LogP contribution in [0.3, 0.4) is 0 Å². The summed E-state index contributed by atoms with van der Waals surface area (Å²) in [6, 6.07) is 4.75. The van der Waals surface area contributed by atoms with Gasteiger partial charge in [-0.25, -0.2) is 0 Å². The Morgan fingerprint density at radius 1 is 1.55 bits per heavy atom. The van der Waals surface area contributed by atoms with E-state index >= 15 is 0 Å². The van der Waals surface area contributed by atoms with Crippen molar-refractivity contribution >= 4 is 17.2 Å². The Morgan fingerprint density at radius 3 is 2.85 bits per heavy atom. The third-order valence-corrected chi connectivity index (χ3v) is 4.62. The predicted molar refractivity (Wildman–Crippen MR) is 86.4 cm³/mol. The van der Waals surface area contributed by atoms with E-state index in [2.05, 4.69) is 34.9 Å². The fourth-order valence-corrected chi connectivity index (χ4v) is 3.03. The molecule has 0 spiro atoms. The first-order chi connectivity index (χ1) is 9.51. The van der Waals surface area contributed by atoms with Crippen molar-refractivity contribution in [2.75, 3.05) is 6.54 Å². The molecule has 114 valence electrons. The highest BCUT2D eigenvalue weighted by atomic mass is 32.1. The lowest BCUT2D eigenvalue weighted by Gasteiger charge is -2.23. The number of nitrogens with two attached hydrogens (primary N) is 1. The summed E-state index contributed by atoms with van der Waals surface area (Å²) in [5.74, 6) is 0.306. The molecule has 1 heterocycles. The van der Waals surface area contributed by atoms with Gasteiger partial charge in [-0.2, -0.15) is 0 Å². The molecule has 20 heavy (non-hydrogen) atoms. The van der Waals surface area contributed by atoms with Crippen LogP contribution < -0.4 is 11.1 Å². The highest BCUT2D eigenvalue weighted by molar-refractivity contribution is 7.10. The molecule has 0 radical (unpaired) electrons. The van der Waals surface area contributed by atoms with Crippen molar-refractivity contribution in [3.05, 3.63) is 22.4 Å². The molecule has 0 saturated heterocycles. The van der Waals surface area contributed by atoms with E-state index in [-0.39, 0.29) is 5.41 Å². The molecule has 0 aliphatic rings. The van der Waals surface area contributed by atoms with Gasteiger partial charge in [-0.15, -0.1) is 11.3 Å². The Morgan fingerprint density at radius 2 is 2.30 bits per heavy atom. The molecule has 0 amide bonds. The summed E-state index contributed by atoms with van der Waals surface area (Å²) in [5.41, 5.74) is 5.45. The van der Waals surface area contributed by atoms with Crippen LogP contribution in [0, 0.1) is 5.41 Å². The van der Waals surface area contributed by atoms with Gasteiger partial charge in [0, 0.05) is 16.3 Å². The molecule has 4 nitrogen and oxygen atoms in total. The lowest BCUT2D eigenvalue weighted by molar-refractivity contribution is 0.304. The van der Waals surface area contributed by atoms with Gasteiger partial charge in [0.1, 0.15) is 5.84 Å². The summed E-state index contributed by atoms with van der Waals surface area (Å²) in [5, 5.41) is 17.6. The van der Waals surface area contributed by atoms with Crippen molar-refractivity contribution in [3.63, 3.8) is 0 Å². The second-order valence-corrected chi connectivity index (χ2v) is 6.76. The van der Waals surface area contributed by atoms with Gasteiger partial charge in [0.05, 0.1) is 0 Å². The van der Waals surface area contributed by atoms with Gasteiger partial charge < -0.3 is 16.3 Å². The van der Waals surface area contributed by atoms with E-state index in [0.29, 0.717) is 11.9 Å². The van der Waals surface area contributed by atoms with E-state index in [0.717, 1.165) is 25.8 Å². The number of oxime groups is 1.